The van der Waals surface area contributed by atoms with E-state index in [1.807, 2.05) is 0 Å². The van der Waals surface area contributed by atoms with Crippen molar-refractivity contribution in [2.75, 3.05) is 5.32 Å². The maximum atomic E-state index is 13.1. The zero-order chi connectivity index (χ0) is 11.0. The molecule has 0 spiro atoms. The van der Waals surface area contributed by atoms with Crippen LogP contribution in [-0.4, -0.2) is 16.2 Å². The highest BCUT2D eigenvalue weighted by molar-refractivity contribution is 7.80. The zero-order valence-corrected chi connectivity index (χ0v) is 8.90. The van der Waals surface area contributed by atoms with Crippen LogP contribution in [0.2, 0.25) is 0 Å². The Kier molecular flexibility index (Phi) is 2.49. The number of halogens is 1. The molecule has 7 heteroatoms. The average Bonchev–Trinajstić information content (AvgIpc) is 2.46. The summed E-state index contributed by atoms with van der Waals surface area (Å²) in [6.45, 7) is 0. The first-order chi connectivity index (χ1) is 7.06. The minimum atomic E-state index is -1.19. The predicted octanol–water partition coefficient (Wildman–Crippen LogP) is 2.81. The van der Waals surface area contributed by atoms with Gasteiger partial charge in [-0.1, -0.05) is 11.3 Å². The summed E-state index contributed by atoms with van der Waals surface area (Å²) in [6.07, 6.45) is -1.19. The first-order valence-corrected chi connectivity index (χ1v) is 5.11. The van der Waals surface area contributed by atoms with E-state index >= 15 is 0 Å². The van der Waals surface area contributed by atoms with Crippen molar-refractivity contribution < 1.29 is 14.3 Å². The van der Waals surface area contributed by atoms with Gasteiger partial charge in [-0.2, -0.15) is 0 Å². The smallest absolute Gasteiger partial charge is 0.410 e. The molecule has 0 aliphatic heterocycles. The molecule has 1 amide bonds. The Morgan fingerprint density at radius 2 is 2.33 bits per heavy atom. The van der Waals surface area contributed by atoms with E-state index in [0.29, 0.717) is 10.2 Å². The Labute approximate surface area is 93.2 Å². The van der Waals surface area contributed by atoms with E-state index in [1.54, 1.807) is 0 Å². The van der Waals surface area contributed by atoms with Crippen LogP contribution in [0, 0.1) is 5.82 Å². The van der Waals surface area contributed by atoms with Gasteiger partial charge in [-0.15, -0.1) is 12.6 Å². The van der Waals surface area contributed by atoms with E-state index in [2.05, 4.69) is 22.9 Å². The molecule has 0 saturated heterocycles. The Balaban J connectivity index is 2.51. The number of aromatic nitrogens is 1. The van der Waals surface area contributed by atoms with Gasteiger partial charge in [-0.25, -0.2) is 14.2 Å². The third-order valence-corrected chi connectivity index (χ3v) is 2.95. The van der Waals surface area contributed by atoms with Crippen molar-refractivity contribution in [2.45, 2.75) is 4.90 Å². The molecule has 0 radical (unpaired) electrons. The van der Waals surface area contributed by atoms with Crippen LogP contribution in [0.1, 0.15) is 0 Å². The number of hydrogen-bond acceptors (Lipinski definition) is 4. The van der Waals surface area contributed by atoms with E-state index in [0.717, 1.165) is 11.3 Å². The number of thiol groups is 1. The fourth-order valence-electron chi connectivity index (χ4n) is 1.08. The van der Waals surface area contributed by atoms with Crippen LogP contribution < -0.4 is 5.32 Å². The summed E-state index contributed by atoms with van der Waals surface area (Å²) in [4.78, 5) is 14.5. The number of fused-ring (bicyclic) bond motifs is 1. The van der Waals surface area contributed by atoms with Gasteiger partial charge in [0.25, 0.3) is 0 Å². The molecule has 2 rings (SSSR count). The maximum Gasteiger partial charge on any atom is 0.410 e. The lowest BCUT2D eigenvalue weighted by molar-refractivity contribution is 0.210. The normalized spacial score (nSPS) is 10.5. The van der Waals surface area contributed by atoms with Gasteiger partial charge in [0.1, 0.15) is 5.82 Å². The predicted molar refractivity (Wildman–Crippen MR) is 58.5 cm³/mol. The summed E-state index contributed by atoms with van der Waals surface area (Å²) in [6, 6.07) is 2.74. The van der Waals surface area contributed by atoms with Crippen LogP contribution in [0.5, 0.6) is 0 Å². The number of amides is 1. The Morgan fingerprint density at radius 1 is 1.60 bits per heavy atom. The Bertz CT molecular complexity index is 502. The third kappa shape index (κ3) is 2.02. The third-order valence-electron chi connectivity index (χ3n) is 1.67. The zero-order valence-electron chi connectivity index (χ0n) is 7.19. The van der Waals surface area contributed by atoms with Gasteiger partial charge in [-0.3, -0.25) is 5.32 Å². The number of carboxylic acid groups (broad SMARTS) is 1. The molecule has 15 heavy (non-hydrogen) atoms. The lowest BCUT2D eigenvalue weighted by Gasteiger charge is -1.92. The van der Waals surface area contributed by atoms with E-state index in [1.165, 1.54) is 12.1 Å². The van der Waals surface area contributed by atoms with Gasteiger partial charge >= 0.3 is 6.09 Å². The average molecular weight is 244 g/mol. The molecule has 0 atom stereocenters. The maximum absolute atomic E-state index is 13.1. The van der Waals surface area contributed by atoms with Gasteiger partial charge in [0, 0.05) is 11.0 Å². The molecule has 0 fully saturated rings. The molecule has 4 nitrogen and oxygen atoms in total. The highest BCUT2D eigenvalue weighted by atomic mass is 32.1. The van der Waals surface area contributed by atoms with Crippen molar-refractivity contribution in [1.82, 2.24) is 4.98 Å². The van der Waals surface area contributed by atoms with Gasteiger partial charge in [-0.05, 0) is 6.07 Å². The summed E-state index contributed by atoms with van der Waals surface area (Å²) in [5.41, 5.74) is 0.416. The number of hydrogen-bond donors (Lipinski definition) is 3. The van der Waals surface area contributed by atoms with Crippen molar-refractivity contribution in [3.63, 3.8) is 0 Å². The van der Waals surface area contributed by atoms with E-state index in [9.17, 15) is 9.18 Å². The SMILES string of the molecule is O=C(O)Nc1nc2cc(F)c(S)cc2s1. The molecule has 1 aromatic carbocycles. The van der Waals surface area contributed by atoms with E-state index in [4.69, 9.17) is 5.11 Å². The summed E-state index contributed by atoms with van der Waals surface area (Å²) < 4.78 is 13.8. The Hall–Kier alpha value is -1.34. The molecule has 1 heterocycles. The fraction of sp³-hybridized carbons (Fsp3) is 0. The van der Waals surface area contributed by atoms with Crippen LogP contribution in [0.3, 0.4) is 0 Å². The van der Waals surface area contributed by atoms with Crippen LogP contribution in [0.25, 0.3) is 10.2 Å². The molecule has 0 aliphatic carbocycles. The molecule has 0 aliphatic rings. The minimum Gasteiger partial charge on any atom is -0.465 e. The highest BCUT2D eigenvalue weighted by Gasteiger charge is 2.08. The number of benzene rings is 1. The number of rotatable bonds is 1. The van der Waals surface area contributed by atoms with Crippen LogP contribution in [0.15, 0.2) is 17.0 Å². The van der Waals surface area contributed by atoms with Crippen LogP contribution in [-0.2, 0) is 0 Å². The molecule has 78 valence electrons. The van der Waals surface area contributed by atoms with Crippen molar-refractivity contribution in [3.8, 4) is 0 Å². The largest absolute Gasteiger partial charge is 0.465 e. The molecule has 0 bridgehead atoms. The van der Waals surface area contributed by atoms with Crippen molar-refractivity contribution in [1.29, 1.82) is 0 Å². The van der Waals surface area contributed by atoms with E-state index < -0.39 is 11.9 Å². The number of anilines is 1. The highest BCUT2D eigenvalue weighted by Crippen LogP contribution is 2.29. The van der Waals surface area contributed by atoms with Crippen molar-refractivity contribution in [2.24, 2.45) is 0 Å². The first-order valence-electron chi connectivity index (χ1n) is 3.85. The molecule has 1 aromatic heterocycles. The molecule has 2 N–H and O–H groups in total. The first kappa shape index (κ1) is 10.2. The molecular weight excluding hydrogens is 239 g/mol. The number of thiazole rings is 1. The monoisotopic (exact) mass is 244 g/mol. The number of carbonyl (C=O) groups is 1. The summed E-state index contributed by atoms with van der Waals surface area (Å²) >= 11 is 5.05. The second-order valence-electron chi connectivity index (χ2n) is 2.72. The summed E-state index contributed by atoms with van der Waals surface area (Å²) in [5, 5.41) is 10.8. The van der Waals surface area contributed by atoms with Gasteiger partial charge in [0.15, 0.2) is 5.13 Å². The molecular formula is C8H5FN2O2S2. The van der Waals surface area contributed by atoms with Crippen molar-refractivity contribution >= 4 is 45.4 Å². The van der Waals surface area contributed by atoms with Gasteiger partial charge in [0.05, 0.1) is 10.2 Å². The summed E-state index contributed by atoms with van der Waals surface area (Å²) in [5.74, 6) is -0.474. The van der Waals surface area contributed by atoms with Crippen LogP contribution >= 0.6 is 24.0 Å². The second kappa shape index (κ2) is 3.67. The lowest BCUT2D eigenvalue weighted by atomic mass is 10.3. The van der Waals surface area contributed by atoms with E-state index in [-0.39, 0.29) is 10.0 Å². The topological polar surface area (TPSA) is 62.2 Å². The number of nitrogens with zero attached hydrogens (tertiary/aromatic N) is 1. The van der Waals surface area contributed by atoms with Gasteiger partial charge < -0.3 is 5.11 Å². The van der Waals surface area contributed by atoms with Crippen molar-refractivity contribution in [3.05, 3.63) is 17.9 Å². The summed E-state index contributed by atoms with van der Waals surface area (Å²) in [7, 11) is 0. The molecule has 0 saturated carbocycles. The van der Waals surface area contributed by atoms with Crippen LogP contribution in [0.4, 0.5) is 14.3 Å². The lowest BCUT2D eigenvalue weighted by Crippen LogP contribution is -2.06. The quantitative estimate of drug-likeness (QED) is 0.676. The molecule has 2 aromatic rings. The fourth-order valence-corrected chi connectivity index (χ4v) is 2.24. The minimum absolute atomic E-state index is 0.216. The number of nitrogens with one attached hydrogen (secondary N) is 1. The Morgan fingerprint density at radius 3 is 3.00 bits per heavy atom. The second-order valence-corrected chi connectivity index (χ2v) is 4.23. The molecule has 0 unspecified atom stereocenters. The standard InChI is InChI=1S/C8H5FN2O2S2/c9-3-1-4-6(2-5(3)14)15-7(10-4)11-8(12)13/h1-2,14H,(H,10,11)(H,12,13). The van der Waals surface area contributed by atoms with Gasteiger partial charge in [0.2, 0.25) is 0 Å².